The standard InChI is InChI=1S/C18H19N3O5S2/c1-9-13(16(23)25-3)15(28-14(9)17(24)26-4)21-18(27)20-12-7-5-11(6-8-12)19-10(2)22/h5-8H,1-4H3,(H,19,22)(H2,20,21,27). The first kappa shape index (κ1) is 21.3. The third-order valence-electron chi connectivity index (χ3n) is 3.60. The summed E-state index contributed by atoms with van der Waals surface area (Å²) in [7, 11) is 2.53. The minimum atomic E-state index is -0.589. The fourth-order valence-corrected chi connectivity index (χ4v) is 3.74. The number of hydrogen-bond donors (Lipinski definition) is 3. The number of methoxy groups -OCH3 is 2. The summed E-state index contributed by atoms with van der Waals surface area (Å²) in [5, 5.41) is 9.15. The number of anilines is 3. The summed E-state index contributed by atoms with van der Waals surface area (Å²) in [6.07, 6.45) is 0. The predicted octanol–water partition coefficient (Wildman–Crippen LogP) is 3.40. The lowest BCUT2D eigenvalue weighted by atomic mass is 10.1. The first-order valence-electron chi connectivity index (χ1n) is 8.02. The average molecular weight is 422 g/mol. The number of nitrogens with one attached hydrogen (secondary N) is 3. The Bertz CT molecular complexity index is 922. The molecule has 0 aliphatic carbocycles. The summed E-state index contributed by atoms with van der Waals surface area (Å²) < 4.78 is 9.56. The van der Waals surface area contributed by atoms with Crippen LogP contribution < -0.4 is 16.0 Å². The number of carbonyl (C=O) groups is 3. The smallest absolute Gasteiger partial charge is 0.348 e. The molecule has 10 heteroatoms. The van der Waals surface area contributed by atoms with Crippen LogP contribution in [0.15, 0.2) is 24.3 Å². The topological polar surface area (TPSA) is 106 Å². The monoisotopic (exact) mass is 421 g/mol. The number of carbonyl (C=O) groups excluding carboxylic acids is 3. The maximum absolute atomic E-state index is 12.1. The Kier molecular flexibility index (Phi) is 7.07. The van der Waals surface area contributed by atoms with Crippen LogP contribution in [0.2, 0.25) is 0 Å². The molecule has 148 valence electrons. The van der Waals surface area contributed by atoms with Crippen molar-refractivity contribution in [2.24, 2.45) is 0 Å². The van der Waals surface area contributed by atoms with Gasteiger partial charge in [-0.2, -0.15) is 0 Å². The van der Waals surface area contributed by atoms with E-state index in [4.69, 9.17) is 21.7 Å². The van der Waals surface area contributed by atoms with Gasteiger partial charge in [-0.05, 0) is 49.0 Å². The second-order valence-corrected chi connectivity index (χ2v) is 7.01. The van der Waals surface area contributed by atoms with Gasteiger partial charge in [-0.25, -0.2) is 9.59 Å². The zero-order valence-corrected chi connectivity index (χ0v) is 17.3. The van der Waals surface area contributed by atoms with E-state index in [9.17, 15) is 14.4 Å². The van der Waals surface area contributed by atoms with E-state index in [2.05, 4.69) is 16.0 Å². The largest absolute Gasteiger partial charge is 0.465 e. The summed E-state index contributed by atoms with van der Waals surface area (Å²) in [4.78, 5) is 35.4. The highest BCUT2D eigenvalue weighted by Crippen LogP contribution is 2.34. The van der Waals surface area contributed by atoms with Crippen molar-refractivity contribution in [1.82, 2.24) is 0 Å². The van der Waals surface area contributed by atoms with Crippen LogP contribution in [0, 0.1) is 6.92 Å². The quantitative estimate of drug-likeness (QED) is 0.498. The Labute approximate surface area is 171 Å². The number of esters is 2. The predicted molar refractivity (Wildman–Crippen MR) is 112 cm³/mol. The lowest BCUT2D eigenvalue weighted by Crippen LogP contribution is -2.20. The number of thiocarbonyl (C=S) groups is 1. The lowest BCUT2D eigenvalue weighted by Gasteiger charge is -2.11. The molecule has 2 rings (SSSR count). The van der Waals surface area contributed by atoms with E-state index in [0.29, 0.717) is 21.9 Å². The highest BCUT2D eigenvalue weighted by atomic mass is 32.1. The molecule has 1 amide bonds. The van der Waals surface area contributed by atoms with Gasteiger partial charge in [-0.1, -0.05) is 0 Å². The number of amides is 1. The van der Waals surface area contributed by atoms with E-state index >= 15 is 0 Å². The SMILES string of the molecule is COC(=O)c1sc(NC(=S)Nc2ccc(NC(C)=O)cc2)c(C(=O)OC)c1C. The maximum atomic E-state index is 12.1. The second-order valence-electron chi connectivity index (χ2n) is 5.58. The van der Waals surface area contributed by atoms with E-state index in [1.54, 1.807) is 31.2 Å². The number of hydrogen-bond acceptors (Lipinski definition) is 7. The number of thiophene rings is 1. The molecular formula is C18H19N3O5S2. The molecule has 1 heterocycles. The van der Waals surface area contributed by atoms with Crippen LogP contribution in [0.4, 0.5) is 16.4 Å². The Morgan fingerprint density at radius 2 is 1.46 bits per heavy atom. The van der Waals surface area contributed by atoms with Crippen LogP contribution in [0.3, 0.4) is 0 Å². The molecule has 0 spiro atoms. The molecule has 0 aliphatic rings. The number of ether oxygens (including phenoxy) is 2. The molecule has 0 aliphatic heterocycles. The molecule has 1 aromatic heterocycles. The Morgan fingerprint density at radius 3 is 1.96 bits per heavy atom. The van der Waals surface area contributed by atoms with Crippen LogP contribution >= 0.6 is 23.6 Å². The van der Waals surface area contributed by atoms with Gasteiger partial charge in [-0.3, -0.25) is 4.79 Å². The van der Waals surface area contributed by atoms with Crippen LogP contribution in [-0.2, 0) is 14.3 Å². The molecule has 0 fully saturated rings. The van der Waals surface area contributed by atoms with Crippen molar-refractivity contribution < 1.29 is 23.9 Å². The van der Waals surface area contributed by atoms with Gasteiger partial charge in [0.25, 0.3) is 0 Å². The van der Waals surface area contributed by atoms with E-state index in [1.807, 2.05) is 0 Å². The molecule has 2 aromatic rings. The average Bonchev–Trinajstić information content (AvgIpc) is 2.97. The van der Waals surface area contributed by atoms with Crippen LogP contribution in [0.1, 0.15) is 32.5 Å². The normalized spacial score (nSPS) is 10.0. The number of benzene rings is 1. The zero-order valence-electron chi connectivity index (χ0n) is 15.7. The molecule has 3 N–H and O–H groups in total. The highest BCUT2D eigenvalue weighted by Gasteiger charge is 2.26. The van der Waals surface area contributed by atoms with Gasteiger partial charge in [0, 0.05) is 18.3 Å². The maximum Gasteiger partial charge on any atom is 0.348 e. The Morgan fingerprint density at radius 1 is 0.929 bits per heavy atom. The van der Waals surface area contributed by atoms with Crippen molar-refractivity contribution in [3.05, 3.63) is 40.3 Å². The second kappa shape index (κ2) is 9.29. The minimum absolute atomic E-state index is 0.164. The van der Waals surface area contributed by atoms with Crippen molar-refractivity contribution in [3.63, 3.8) is 0 Å². The lowest BCUT2D eigenvalue weighted by molar-refractivity contribution is -0.114. The molecular weight excluding hydrogens is 402 g/mol. The minimum Gasteiger partial charge on any atom is -0.465 e. The third-order valence-corrected chi connectivity index (χ3v) is 4.99. The van der Waals surface area contributed by atoms with Gasteiger partial charge in [0.15, 0.2) is 5.11 Å². The van der Waals surface area contributed by atoms with Crippen molar-refractivity contribution in [1.29, 1.82) is 0 Å². The highest BCUT2D eigenvalue weighted by molar-refractivity contribution is 7.80. The van der Waals surface area contributed by atoms with E-state index < -0.39 is 11.9 Å². The van der Waals surface area contributed by atoms with Gasteiger partial charge < -0.3 is 25.4 Å². The molecule has 28 heavy (non-hydrogen) atoms. The van der Waals surface area contributed by atoms with Crippen molar-refractivity contribution >= 4 is 62.9 Å². The number of rotatable bonds is 5. The molecule has 0 saturated carbocycles. The summed E-state index contributed by atoms with van der Waals surface area (Å²) >= 11 is 6.35. The van der Waals surface area contributed by atoms with Gasteiger partial charge in [0.2, 0.25) is 5.91 Å². The first-order valence-corrected chi connectivity index (χ1v) is 9.25. The fourth-order valence-electron chi connectivity index (χ4n) is 2.34. The van der Waals surface area contributed by atoms with Crippen LogP contribution in [0.5, 0.6) is 0 Å². The molecule has 0 saturated heterocycles. The Balaban J connectivity index is 2.19. The third kappa shape index (κ3) is 5.05. The molecule has 8 nitrogen and oxygen atoms in total. The van der Waals surface area contributed by atoms with Crippen molar-refractivity contribution in [3.8, 4) is 0 Å². The summed E-state index contributed by atoms with van der Waals surface area (Å²) in [6.45, 7) is 3.06. The molecule has 0 unspecified atom stereocenters. The van der Waals surface area contributed by atoms with E-state index in [1.165, 1.54) is 21.1 Å². The summed E-state index contributed by atoms with van der Waals surface area (Å²) in [5.41, 5.74) is 2.00. The summed E-state index contributed by atoms with van der Waals surface area (Å²) in [5.74, 6) is -1.30. The van der Waals surface area contributed by atoms with E-state index in [0.717, 1.165) is 11.3 Å². The van der Waals surface area contributed by atoms with Gasteiger partial charge in [0.05, 0.1) is 19.8 Å². The fraction of sp³-hybridized carbons (Fsp3) is 0.222. The van der Waals surface area contributed by atoms with Crippen molar-refractivity contribution in [2.75, 3.05) is 30.2 Å². The van der Waals surface area contributed by atoms with Gasteiger partial charge in [0.1, 0.15) is 9.88 Å². The van der Waals surface area contributed by atoms with Crippen molar-refractivity contribution in [2.45, 2.75) is 13.8 Å². The molecule has 0 bridgehead atoms. The van der Waals surface area contributed by atoms with Crippen LogP contribution in [0.25, 0.3) is 0 Å². The first-order chi connectivity index (χ1) is 13.3. The Hall–Kier alpha value is -2.98. The zero-order chi connectivity index (χ0) is 20.8. The van der Waals surface area contributed by atoms with Crippen LogP contribution in [-0.4, -0.2) is 37.2 Å². The van der Waals surface area contributed by atoms with Gasteiger partial charge >= 0.3 is 11.9 Å². The molecule has 0 atom stereocenters. The van der Waals surface area contributed by atoms with Gasteiger partial charge in [-0.15, -0.1) is 11.3 Å². The molecule has 0 radical (unpaired) electrons. The summed E-state index contributed by atoms with van der Waals surface area (Å²) in [6, 6.07) is 6.91. The molecule has 1 aromatic carbocycles. The van der Waals surface area contributed by atoms with E-state index in [-0.39, 0.29) is 21.5 Å².